The second-order valence-electron chi connectivity index (χ2n) is 3.38. The van der Waals surface area contributed by atoms with Crippen LogP contribution >= 0.6 is 0 Å². The molecule has 1 rings (SSSR count). The van der Waals surface area contributed by atoms with E-state index in [1.165, 1.54) is 6.07 Å². The molecule has 0 bridgehead atoms. The minimum atomic E-state index is -3.22. The minimum absolute atomic E-state index is 0.198. The van der Waals surface area contributed by atoms with Crippen LogP contribution in [0.4, 0.5) is 0 Å². The molecule has 16 heavy (non-hydrogen) atoms. The van der Waals surface area contributed by atoms with Crippen molar-refractivity contribution in [3.05, 3.63) is 35.4 Å². The molecule has 0 amide bonds. The van der Waals surface area contributed by atoms with Crippen molar-refractivity contribution in [1.29, 1.82) is 0 Å². The smallest absolute Gasteiger partial charge is 0.335 e. The molecule has 0 aliphatic rings. The van der Waals surface area contributed by atoms with E-state index in [2.05, 4.69) is 4.72 Å². The molecule has 5 nitrogen and oxygen atoms in total. The monoisotopic (exact) mass is 243 g/mol. The van der Waals surface area contributed by atoms with Gasteiger partial charge in [-0.05, 0) is 18.1 Å². The summed E-state index contributed by atoms with van der Waals surface area (Å²) < 4.78 is 23.9. The predicted molar refractivity (Wildman–Crippen MR) is 60.0 cm³/mol. The molecule has 0 atom stereocenters. The predicted octanol–water partition coefficient (Wildman–Crippen LogP) is 0.476. The molecule has 0 aromatic heterocycles. The van der Waals surface area contributed by atoms with Gasteiger partial charge in [0.15, 0.2) is 0 Å². The van der Waals surface area contributed by atoms with Crippen LogP contribution in [0.25, 0.3) is 0 Å². The van der Waals surface area contributed by atoms with Gasteiger partial charge in [0.25, 0.3) is 0 Å². The fourth-order valence-corrected chi connectivity index (χ4v) is 1.79. The van der Waals surface area contributed by atoms with Gasteiger partial charge in [-0.25, -0.2) is 17.9 Å². The van der Waals surface area contributed by atoms with Crippen LogP contribution in [-0.4, -0.2) is 32.3 Å². The van der Waals surface area contributed by atoms with Crippen molar-refractivity contribution in [1.82, 2.24) is 4.72 Å². The molecular weight excluding hydrogens is 230 g/mol. The molecule has 0 heterocycles. The molecule has 0 unspecified atom stereocenters. The number of carboxylic acid groups (broad SMARTS) is 1. The lowest BCUT2D eigenvalue weighted by molar-refractivity contribution is 0.0695. The zero-order chi connectivity index (χ0) is 12.2. The van der Waals surface area contributed by atoms with E-state index in [4.69, 9.17) is 5.11 Å². The van der Waals surface area contributed by atoms with Gasteiger partial charge in [0.05, 0.1) is 11.8 Å². The molecule has 0 aliphatic heterocycles. The van der Waals surface area contributed by atoms with Crippen LogP contribution in [0.5, 0.6) is 0 Å². The average molecular weight is 243 g/mol. The number of nitrogens with one attached hydrogen (secondary N) is 1. The molecule has 0 radical (unpaired) electrons. The summed E-state index contributed by atoms with van der Waals surface area (Å²) in [5, 5.41) is 8.89. The number of hydrogen-bond donors (Lipinski definition) is 2. The largest absolute Gasteiger partial charge is 0.478 e. The number of carboxylic acids is 1. The maximum Gasteiger partial charge on any atom is 0.335 e. The second kappa shape index (κ2) is 5.09. The number of sulfonamides is 1. The summed E-state index contributed by atoms with van der Waals surface area (Å²) in [5.74, 6) is -1.00. The fourth-order valence-electron chi connectivity index (χ4n) is 1.32. The maximum absolute atomic E-state index is 10.8. The molecule has 0 spiro atoms. The van der Waals surface area contributed by atoms with Crippen molar-refractivity contribution in [2.24, 2.45) is 0 Å². The van der Waals surface area contributed by atoms with Gasteiger partial charge < -0.3 is 5.11 Å². The number of rotatable bonds is 5. The molecule has 0 saturated heterocycles. The third kappa shape index (κ3) is 4.00. The summed E-state index contributed by atoms with van der Waals surface area (Å²) in [5.41, 5.74) is 0.823. The number of carbonyl (C=O) groups is 1. The van der Waals surface area contributed by atoms with Crippen molar-refractivity contribution in [2.75, 3.05) is 12.8 Å². The van der Waals surface area contributed by atoms with Crippen LogP contribution < -0.4 is 4.72 Å². The van der Waals surface area contributed by atoms with Crippen LogP contribution in [0.3, 0.4) is 0 Å². The van der Waals surface area contributed by atoms with Crippen molar-refractivity contribution in [2.45, 2.75) is 6.42 Å². The van der Waals surface area contributed by atoms with E-state index in [1.807, 2.05) is 0 Å². The van der Waals surface area contributed by atoms with Gasteiger partial charge in [0.2, 0.25) is 10.0 Å². The fraction of sp³-hybridized carbons (Fsp3) is 0.300. The topological polar surface area (TPSA) is 83.5 Å². The van der Waals surface area contributed by atoms with Crippen LogP contribution in [0, 0.1) is 0 Å². The van der Waals surface area contributed by atoms with E-state index in [0.29, 0.717) is 12.0 Å². The summed E-state index contributed by atoms with van der Waals surface area (Å²) in [4.78, 5) is 10.8. The van der Waals surface area contributed by atoms with Gasteiger partial charge in [0, 0.05) is 6.54 Å². The molecule has 2 N–H and O–H groups in total. The lowest BCUT2D eigenvalue weighted by Gasteiger charge is -2.05. The SMILES string of the molecule is CS(=O)(=O)NCCc1ccccc1C(=O)O. The Morgan fingerprint density at radius 3 is 2.56 bits per heavy atom. The van der Waals surface area contributed by atoms with Gasteiger partial charge in [-0.3, -0.25) is 0 Å². The number of benzene rings is 1. The normalized spacial score (nSPS) is 11.3. The van der Waals surface area contributed by atoms with Crippen LogP contribution in [-0.2, 0) is 16.4 Å². The zero-order valence-corrected chi connectivity index (χ0v) is 9.62. The van der Waals surface area contributed by atoms with Crippen LogP contribution in [0.2, 0.25) is 0 Å². The van der Waals surface area contributed by atoms with E-state index < -0.39 is 16.0 Å². The van der Waals surface area contributed by atoms with Crippen molar-refractivity contribution >= 4 is 16.0 Å². The van der Waals surface area contributed by atoms with E-state index in [1.54, 1.807) is 18.2 Å². The average Bonchev–Trinajstić information content (AvgIpc) is 2.16. The lowest BCUT2D eigenvalue weighted by Crippen LogP contribution is -2.24. The van der Waals surface area contributed by atoms with Crippen molar-refractivity contribution in [3.8, 4) is 0 Å². The highest BCUT2D eigenvalue weighted by atomic mass is 32.2. The Morgan fingerprint density at radius 2 is 2.00 bits per heavy atom. The summed E-state index contributed by atoms with van der Waals surface area (Å²) >= 11 is 0. The Kier molecular flexibility index (Phi) is 4.03. The summed E-state index contributed by atoms with van der Waals surface area (Å²) in [7, 11) is -3.22. The highest BCUT2D eigenvalue weighted by Gasteiger charge is 2.09. The molecule has 6 heteroatoms. The van der Waals surface area contributed by atoms with E-state index in [-0.39, 0.29) is 12.1 Å². The highest BCUT2D eigenvalue weighted by Crippen LogP contribution is 2.08. The Balaban J connectivity index is 2.71. The third-order valence-electron chi connectivity index (χ3n) is 2.01. The van der Waals surface area contributed by atoms with Gasteiger partial charge >= 0.3 is 5.97 Å². The highest BCUT2D eigenvalue weighted by molar-refractivity contribution is 7.88. The first-order valence-corrected chi connectivity index (χ1v) is 6.55. The third-order valence-corrected chi connectivity index (χ3v) is 2.73. The van der Waals surface area contributed by atoms with Gasteiger partial charge in [-0.1, -0.05) is 18.2 Å². The molecule has 0 aliphatic carbocycles. The van der Waals surface area contributed by atoms with Crippen molar-refractivity contribution in [3.63, 3.8) is 0 Å². The van der Waals surface area contributed by atoms with Crippen LogP contribution in [0.1, 0.15) is 15.9 Å². The maximum atomic E-state index is 10.8. The number of hydrogen-bond acceptors (Lipinski definition) is 3. The molecule has 0 fully saturated rings. The minimum Gasteiger partial charge on any atom is -0.478 e. The Bertz CT molecular complexity index is 481. The quantitative estimate of drug-likeness (QED) is 0.787. The Labute approximate surface area is 94.2 Å². The number of aromatic carboxylic acids is 1. The first kappa shape index (κ1) is 12.7. The Hall–Kier alpha value is -1.40. The van der Waals surface area contributed by atoms with Gasteiger partial charge in [-0.15, -0.1) is 0 Å². The molecular formula is C10H13NO4S. The molecule has 0 saturated carbocycles. The summed E-state index contributed by atoms with van der Waals surface area (Å²) in [6, 6.07) is 6.53. The molecule has 1 aromatic carbocycles. The molecule has 1 aromatic rings. The van der Waals surface area contributed by atoms with Crippen molar-refractivity contribution < 1.29 is 18.3 Å². The summed E-state index contributed by atoms with van der Waals surface area (Å²) in [6.07, 6.45) is 1.42. The van der Waals surface area contributed by atoms with Gasteiger partial charge in [-0.2, -0.15) is 0 Å². The van der Waals surface area contributed by atoms with E-state index in [0.717, 1.165) is 6.26 Å². The van der Waals surface area contributed by atoms with E-state index in [9.17, 15) is 13.2 Å². The second-order valence-corrected chi connectivity index (χ2v) is 5.21. The summed E-state index contributed by atoms with van der Waals surface area (Å²) in [6.45, 7) is 0.198. The first-order chi connectivity index (χ1) is 7.40. The Morgan fingerprint density at radius 1 is 1.38 bits per heavy atom. The van der Waals surface area contributed by atoms with Crippen LogP contribution in [0.15, 0.2) is 24.3 Å². The van der Waals surface area contributed by atoms with E-state index >= 15 is 0 Å². The lowest BCUT2D eigenvalue weighted by atomic mass is 10.1. The zero-order valence-electron chi connectivity index (χ0n) is 8.80. The first-order valence-electron chi connectivity index (χ1n) is 4.66. The molecule has 88 valence electrons. The van der Waals surface area contributed by atoms with Gasteiger partial charge in [0.1, 0.15) is 0 Å². The standard InChI is InChI=1S/C10H13NO4S/c1-16(14,15)11-7-6-8-4-2-3-5-9(8)10(12)13/h2-5,11H,6-7H2,1H3,(H,12,13).